The van der Waals surface area contributed by atoms with Crippen LogP contribution in [0.1, 0.15) is 54.0 Å². The minimum Gasteiger partial charge on any atom is -0.465 e. The minimum atomic E-state index is 0.114. The fraction of sp³-hybridized carbons (Fsp3) is 0.480. The van der Waals surface area contributed by atoms with Crippen LogP contribution in [0.4, 0.5) is 0 Å². The van der Waals surface area contributed by atoms with Gasteiger partial charge in [0.1, 0.15) is 11.5 Å². The van der Waals surface area contributed by atoms with Crippen molar-refractivity contribution in [3.8, 4) is 0 Å². The Morgan fingerprint density at radius 2 is 2.10 bits per heavy atom. The zero-order valence-electron chi connectivity index (χ0n) is 18.4. The van der Waals surface area contributed by atoms with Crippen molar-refractivity contribution in [1.29, 1.82) is 0 Å². The van der Waals surface area contributed by atoms with Crippen LogP contribution in [-0.2, 0) is 17.9 Å². The van der Waals surface area contributed by atoms with Crippen LogP contribution in [0.15, 0.2) is 34.7 Å². The lowest BCUT2D eigenvalue weighted by molar-refractivity contribution is -0.121. The summed E-state index contributed by atoms with van der Waals surface area (Å²) in [4.78, 5) is 18.5. The fourth-order valence-electron chi connectivity index (χ4n) is 4.66. The van der Waals surface area contributed by atoms with Crippen molar-refractivity contribution in [2.24, 2.45) is 5.92 Å². The highest BCUT2D eigenvalue weighted by molar-refractivity contribution is 5.86. The summed E-state index contributed by atoms with van der Waals surface area (Å²) >= 11 is 0. The van der Waals surface area contributed by atoms with Gasteiger partial charge in [-0.2, -0.15) is 0 Å². The maximum absolute atomic E-state index is 12.2. The molecule has 2 aromatic heterocycles. The van der Waals surface area contributed by atoms with E-state index in [1.165, 1.54) is 40.6 Å². The maximum Gasteiger partial charge on any atom is 0.220 e. The Kier molecular flexibility index (Phi) is 6.28. The smallest absolute Gasteiger partial charge is 0.220 e. The number of hydrogen-bond acceptors (Lipinski definition) is 3. The molecule has 160 valence electrons. The normalized spacial score (nSPS) is 17.5. The van der Waals surface area contributed by atoms with Gasteiger partial charge in [0, 0.05) is 36.1 Å². The Bertz CT molecular complexity index is 1020. The maximum atomic E-state index is 12.2. The second-order valence-corrected chi connectivity index (χ2v) is 8.80. The minimum absolute atomic E-state index is 0.114. The van der Waals surface area contributed by atoms with Crippen molar-refractivity contribution in [3.05, 3.63) is 58.7 Å². The molecular weight excluding hydrogens is 374 g/mol. The summed E-state index contributed by atoms with van der Waals surface area (Å²) in [7, 11) is 0. The molecule has 5 nitrogen and oxygen atoms in total. The van der Waals surface area contributed by atoms with E-state index in [1.807, 2.05) is 19.1 Å². The summed E-state index contributed by atoms with van der Waals surface area (Å²) < 4.78 is 5.51. The van der Waals surface area contributed by atoms with Crippen molar-refractivity contribution in [2.45, 2.75) is 59.5 Å². The van der Waals surface area contributed by atoms with Crippen LogP contribution in [0, 0.1) is 26.7 Å². The summed E-state index contributed by atoms with van der Waals surface area (Å²) in [5, 5.41) is 4.31. The third kappa shape index (κ3) is 4.78. The van der Waals surface area contributed by atoms with Crippen LogP contribution in [0.2, 0.25) is 0 Å². The molecule has 1 unspecified atom stereocenters. The van der Waals surface area contributed by atoms with Crippen LogP contribution in [0.5, 0.6) is 0 Å². The van der Waals surface area contributed by atoms with E-state index < -0.39 is 0 Å². The van der Waals surface area contributed by atoms with Gasteiger partial charge in [-0.25, -0.2) is 0 Å². The Hall–Kier alpha value is -2.53. The molecule has 1 aromatic carbocycles. The first-order valence-corrected chi connectivity index (χ1v) is 11.1. The highest BCUT2D eigenvalue weighted by Crippen LogP contribution is 2.27. The monoisotopic (exact) mass is 407 g/mol. The molecule has 2 N–H and O–H groups in total. The van der Waals surface area contributed by atoms with Gasteiger partial charge in [-0.1, -0.05) is 18.2 Å². The second kappa shape index (κ2) is 9.09. The van der Waals surface area contributed by atoms with Gasteiger partial charge < -0.3 is 14.7 Å². The Morgan fingerprint density at radius 1 is 1.23 bits per heavy atom. The van der Waals surface area contributed by atoms with E-state index >= 15 is 0 Å². The molecule has 0 aliphatic carbocycles. The van der Waals surface area contributed by atoms with Gasteiger partial charge in [0.25, 0.3) is 0 Å². The van der Waals surface area contributed by atoms with E-state index in [4.69, 9.17) is 4.42 Å². The lowest BCUT2D eigenvalue weighted by atomic mass is 9.93. The molecule has 1 atom stereocenters. The Morgan fingerprint density at radius 3 is 2.87 bits per heavy atom. The molecule has 0 radical (unpaired) electrons. The molecule has 1 fully saturated rings. The zero-order chi connectivity index (χ0) is 21.1. The quantitative estimate of drug-likeness (QED) is 0.580. The van der Waals surface area contributed by atoms with E-state index in [0.29, 0.717) is 18.9 Å². The number of rotatable bonds is 7. The third-order valence-corrected chi connectivity index (χ3v) is 6.43. The highest BCUT2D eigenvalue weighted by Gasteiger charge is 2.22. The van der Waals surface area contributed by atoms with Crippen LogP contribution < -0.4 is 5.32 Å². The number of H-pyrrole nitrogens is 1. The average Bonchev–Trinajstić information content (AvgIpc) is 3.29. The van der Waals surface area contributed by atoms with Crippen LogP contribution in [0.3, 0.4) is 0 Å². The highest BCUT2D eigenvalue weighted by atomic mass is 16.3. The number of nitrogens with one attached hydrogen (secondary N) is 2. The van der Waals surface area contributed by atoms with Crippen molar-refractivity contribution < 1.29 is 9.21 Å². The van der Waals surface area contributed by atoms with Crippen molar-refractivity contribution in [1.82, 2.24) is 15.2 Å². The number of hydrogen-bond donors (Lipinski definition) is 2. The number of para-hydroxylation sites is 1. The molecule has 3 aromatic rings. The number of nitrogens with zero attached hydrogens (tertiary/aromatic N) is 1. The molecule has 1 amide bonds. The fourth-order valence-corrected chi connectivity index (χ4v) is 4.66. The third-order valence-electron chi connectivity index (χ3n) is 6.43. The first-order chi connectivity index (χ1) is 14.5. The van der Waals surface area contributed by atoms with E-state index in [2.05, 4.69) is 47.2 Å². The van der Waals surface area contributed by atoms with Crippen LogP contribution in [-0.4, -0.2) is 28.9 Å². The number of carbonyl (C=O) groups is 1. The molecule has 1 saturated heterocycles. The number of likely N-dealkylation sites (tertiary alicyclic amines) is 1. The van der Waals surface area contributed by atoms with Crippen LogP contribution in [0.25, 0.3) is 10.9 Å². The van der Waals surface area contributed by atoms with Gasteiger partial charge in [-0.05, 0) is 75.8 Å². The Labute approximate surface area is 178 Å². The predicted octanol–water partition coefficient (Wildman–Crippen LogP) is 4.99. The van der Waals surface area contributed by atoms with E-state index in [-0.39, 0.29) is 5.91 Å². The first-order valence-electron chi connectivity index (χ1n) is 11.1. The summed E-state index contributed by atoms with van der Waals surface area (Å²) in [6.07, 6.45) is 3.95. The average molecular weight is 408 g/mol. The van der Waals surface area contributed by atoms with Crippen LogP contribution >= 0.6 is 0 Å². The lowest BCUT2D eigenvalue weighted by Crippen LogP contribution is -2.35. The first kappa shape index (κ1) is 20.7. The van der Waals surface area contributed by atoms with Gasteiger partial charge in [0.2, 0.25) is 5.91 Å². The molecule has 3 heterocycles. The molecule has 0 saturated carbocycles. The topological polar surface area (TPSA) is 61.3 Å². The number of aryl methyl sites for hydroxylation is 3. The van der Waals surface area contributed by atoms with E-state index in [1.54, 1.807) is 0 Å². The molecule has 30 heavy (non-hydrogen) atoms. The number of piperidine rings is 1. The van der Waals surface area contributed by atoms with E-state index in [0.717, 1.165) is 37.6 Å². The number of benzene rings is 1. The summed E-state index contributed by atoms with van der Waals surface area (Å²) in [6.45, 7) is 9.94. The second-order valence-electron chi connectivity index (χ2n) is 8.80. The zero-order valence-corrected chi connectivity index (χ0v) is 18.4. The standard InChI is InChI=1S/C25H33N3O2/c1-17-6-4-8-22-19(3)23(27-25(17)22)16-28-13-5-7-20(15-28)10-12-24(29)26-14-21-11-9-18(2)30-21/h4,6,8-9,11,20,27H,5,7,10,12-16H2,1-3H3,(H,26,29). The van der Waals surface area contributed by atoms with E-state index in [9.17, 15) is 4.79 Å². The molecule has 1 aliphatic rings. The number of amides is 1. The molecule has 0 bridgehead atoms. The number of fused-ring (bicyclic) bond motifs is 1. The van der Waals surface area contributed by atoms with Crippen molar-refractivity contribution in [3.63, 3.8) is 0 Å². The van der Waals surface area contributed by atoms with Gasteiger partial charge in [0.05, 0.1) is 6.54 Å². The van der Waals surface area contributed by atoms with Crippen molar-refractivity contribution >= 4 is 16.8 Å². The molecular formula is C25H33N3O2. The number of carbonyl (C=O) groups excluding carboxylic acids is 1. The largest absolute Gasteiger partial charge is 0.465 e. The molecule has 5 heteroatoms. The lowest BCUT2D eigenvalue weighted by Gasteiger charge is -2.32. The van der Waals surface area contributed by atoms with Gasteiger partial charge in [0.15, 0.2) is 0 Å². The predicted molar refractivity (Wildman–Crippen MR) is 120 cm³/mol. The molecule has 1 aliphatic heterocycles. The number of aromatic amines is 1. The van der Waals surface area contributed by atoms with Gasteiger partial charge in [-0.15, -0.1) is 0 Å². The summed E-state index contributed by atoms with van der Waals surface area (Å²) in [5.41, 5.74) is 5.26. The Balaban J connectivity index is 1.28. The van der Waals surface area contributed by atoms with Gasteiger partial charge in [-0.3, -0.25) is 9.69 Å². The summed E-state index contributed by atoms with van der Waals surface area (Å²) in [5.74, 6) is 2.39. The number of aromatic nitrogens is 1. The van der Waals surface area contributed by atoms with Crippen molar-refractivity contribution in [2.75, 3.05) is 13.1 Å². The molecule has 4 rings (SSSR count). The number of furan rings is 1. The molecule has 0 spiro atoms. The SMILES string of the molecule is Cc1ccc(CNC(=O)CCC2CCCN(Cc3[nH]c4c(C)cccc4c3C)C2)o1. The summed E-state index contributed by atoms with van der Waals surface area (Å²) in [6, 6.07) is 10.4. The van der Waals surface area contributed by atoms with Gasteiger partial charge >= 0.3 is 0 Å².